The van der Waals surface area contributed by atoms with Crippen LogP contribution < -0.4 is 9.64 Å². The van der Waals surface area contributed by atoms with Gasteiger partial charge in [0.1, 0.15) is 5.75 Å². The van der Waals surface area contributed by atoms with Crippen LogP contribution >= 0.6 is 23.4 Å². The highest BCUT2D eigenvalue weighted by molar-refractivity contribution is 8.00. The molecule has 0 bridgehead atoms. The molecule has 0 radical (unpaired) electrons. The number of thioether (sulfide) groups is 1. The summed E-state index contributed by atoms with van der Waals surface area (Å²) < 4.78 is 11.3. The second kappa shape index (κ2) is 9.07. The van der Waals surface area contributed by atoms with Gasteiger partial charge in [0.2, 0.25) is 5.91 Å². The van der Waals surface area contributed by atoms with E-state index in [0.29, 0.717) is 42.8 Å². The number of anilines is 1. The lowest BCUT2D eigenvalue weighted by molar-refractivity contribution is -0.142. The molecule has 0 saturated carbocycles. The van der Waals surface area contributed by atoms with Gasteiger partial charge in [-0.1, -0.05) is 35.9 Å². The van der Waals surface area contributed by atoms with E-state index >= 15 is 0 Å². The zero-order valence-electron chi connectivity index (χ0n) is 15.8. The van der Waals surface area contributed by atoms with Gasteiger partial charge in [-0.2, -0.15) is 0 Å². The number of rotatable bonds is 4. The molecule has 2 amide bonds. The minimum Gasteiger partial charge on any atom is -0.476 e. The number of hydrogen-bond acceptors (Lipinski definition) is 5. The number of halogens is 1. The Kier molecular flexibility index (Phi) is 6.28. The molecule has 2 aliphatic heterocycles. The molecule has 152 valence electrons. The van der Waals surface area contributed by atoms with Crippen LogP contribution in [0.1, 0.15) is 0 Å². The van der Waals surface area contributed by atoms with Gasteiger partial charge in [0.05, 0.1) is 36.2 Å². The average molecular weight is 433 g/mol. The largest absolute Gasteiger partial charge is 0.476 e. The number of nitrogens with zero attached hydrogens (tertiary/aromatic N) is 2. The number of benzene rings is 2. The van der Waals surface area contributed by atoms with Gasteiger partial charge >= 0.3 is 0 Å². The molecular formula is C21H21ClN2O4S. The van der Waals surface area contributed by atoms with Crippen LogP contribution in [0.15, 0.2) is 53.4 Å². The second-order valence-electron chi connectivity index (χ2n) is 6.74. The zero-order valence-corrected chi connectivity index (χ0v) is 17.3. The van der Waals surface area contributed by atoms with Gasteiger partial charge in [0.15, 0.2) is 6.10 Å². The van der Waals surface area contributed by atoms with Crippen molar-refractivity contribution in [2.24, 2.45) is 0 Å². The molecule has 1 atom stereocenters. The Hall–Kier alpha value is -2.22. The van der Waals surface area contributed by atoms with Crippen LogP contribution in [0.2, 0.25) is 5.02 Å². The maximum atomic E-state index is 13.1. The van der Waals surface area contributed by atoms with Gasteiger partial charge in [0, 0.05) is 18.0 Å². The van der Waals surface area contributed by atoms with Gasteiger partial charge in [-0.25, -0.2) is 0 Å². The van der Waals surface area contributed by atoms with Gasteiger partial charge in [-0.05, 0) is 24.3 Å². The number of fused-ring (bicyclic) bond motifs is 1. The van der Waals surface area contributed by atoms with Crippen LogP contribution in [0, 0.1) is 0 Å². The summed E-state index contributed by atoms with van der Waals surface area (Å²) in [7, 11) is 0. The van der Waals surface area contributed by atoms with E-state index in [1.54, 1.807) is 21.9 Å². The highest BCUT2D eigenvalue weighted by Crippen LogP contribution is 2.35. The highest BCUT2D eigenvalue weighted by Gasteiger charge is 2.36. The quantitative estimate of drug-likeness (QED) is 0.695. The normalized spacial score (nSPS) is 18.7. The maximum Gasteiger partial charge on any atom is 0.265 e. The zero-order chi connectivity index (χ0) is 20.2. The fourth-order valence-corrected chi connectivity index (χ4v) is 4.48. The third kappa shape index (κ3) is 4.52. The van der Waals surface area contributed by atoms with E-state index in [0.717, 1.165) is 4.90 Å². The number of hydrogen-bond donors (Lipinski definition) is 0. The van der Waals surface area contributed by atoms with E-state index in [1.807, 2.05) is 36.4 Å². The summed E-state index contributed by atoms with van der Waals surface area (Å²) >= 11 is 7.58. The summed E-state index contributed by atoms with van der Waals surface area (Å²) in [6.45, 7) is 2.31. The lowest BCUT2D eigenvalue weighted by Gasteiger charge is -2.37. The monoisotopic (exact) mass is 432 g/mol. The van der Waals surface area contributed by atoms with Crippen LogP contribution in [0.4, 0.5) is 5.69 Å². The number of carbonyl (C=O) groups is 2. The van der Waals surface area contributed by atoms with E-state index in [4.69, 9.17) is 21.1 Å². The van der Waals surface area contributed by atoms with Gasteiger partial charge in [-0.15, -0.1) is 11.8 Å². The molecule has 6 nitrogen and oxygen atoms in total. The fourth-order valence-electron chi connectivity index (χ4n) is 3.37. The summed E-state index contributed by atoms with van der Waals surface area (Å²) in [5, 5.41) is 0.619. The van der Waals surface area contributed by atoms with Crippen molar-refractivity contribution in [3.8, 4) is 5.75 Å². The lowest BCUT2D eigenvalue weighted by atomic mass is 10.1. The Labute approximate surface area is 178 Å². The van der Waals surface area contributed by atoms with Crippen molar-refractivity contribution in [3.63, 3.8) is 0 Å². The van der Waals surface area contributed by atoms with Crippen molar-refractivity contribution in [3.05, 3.63) is 53.6 Å². The molecule has 1 saturated heterocycles. The Balaban J connectivity index is 1.50. The van der Waals surface area contributed by atoms with Gasteiger partial charge in [0.25, 0.3) is 5.91 Å². The molecule has 0 aliphatic carbocycles. The smallest absolute Gasteiger partial charge is 0.265 e. The van der Waals surface area contributed by atoms with E-state index < -0.39 is 6.10 Å². The van der Waals surface area contributed by atoms with Gasteiger partial charge in [-0.3, -0.25) is 9.59 Å². The molecule has 2 aromatic rings. The fraction of sp³-hybridized carbons (Fsp3) is 0.333. The predicted molar refractivity (Wildman–Crippen MR) is 113 cm³/mol. The summed E-state index contributed by atoms with van der Waals surface area (Å²) in [5.74, 6) is 0.558. The van der Waals surface area contributed by atoms with Gasteiger partial charge < -0.3 is 19.3 Å². The molecule has 2 aromatic carbocycles. The van der Waals surface area contributed by atoms with Crippen molar-refractivity contribution < 1.29 is 19.1 Å². The van der Waals surface area contributed by atoms with Crippen LogP contribution in [-0.2, 0) is 14.3 Å². The first kappa shape index (κ1) is 20.1. The van der Waals surface area contributed by atoms with E-state index in [1.165, 1.54) is 11.8 Å². The Bertz CT molecular complexity index is 904. The predicted octanol–water partition coefficient (Wildman–Crippen LogP) is 3.09. The number of para-hydroxylation sites is 2. The molecule has 0 N–H and O–H groups in total. The molecule has 1 fully saturated rings. The Morgan fingerprint density at radius 1 is 1.07 bits per heavy atom. The third-order valence-corrected chi connectivity index (χ3v) is 6.36. The third-order valence-electron chi connectivity index (χ3n) is 4.86. The maximum absolute atomic E-state index is 13.1. The average Bonchev–Trinajstić information content (AvgIpc) is 2.77. The minimum atomic E-state index is -0.725. The molecule has 8 heteroatoms. The summed E-state index contributed by atoms with van der Waals surface area (Å²) in [6.07, 6.45) is -0.725. The first-order chi connectivity index (χ1) is 14.1. The molecule has 2 heterocycles. The first-order valence-corrected chi connectivity index (χ1v) is 10.8. The summed E-state index contributed by atoms with van der Waals surface area (Å²) in [5.41, 5.74) is 0.684. The van der Waals surface area contributed by atoms with Crippen molar-refractivity contribution in [2.45, 2.75) is 11.0 Å². The van der Waals surface area contributed by atoms with E-state index in [2.05, 4.69) is 0 Å². The number of morpholine rings is 1. The highest BCUT2D eigenvalue weighted by atomic mass is 35.5. The van der Waals surface area contributed by atoms with Crippen LogP contribution in [0.5, 0.6) is 5.75 Å². The minimum absolute atomic E-state index is 0.0922. The van der Waals surface area contributed by atoms with E-state index in [-0.39, 0.29) is 24.1 Å². The number of ether oxygens (including phenoxy) is 2. The van der Waals surface area contributed by atoms with Crippen molar-refractivity contribution in [1.82, 2.24) is 4.90 Å². The lowest BCUT2D eigenvalue weighted by Crippen LogP contribution is -2.54. The first-order valence-electron chi connectivity index (χ1n) is 9.43. The number of amides is 2. The van der Waals surface area contributed by atoms with Crippen molar-refractivity contribution in [1.29, 1.82) is 0 Å². The van der Waals surface area contributed by atoms with Crippen LogP contribution in [0.3, 0.4) is 0 Å². The Morgan fingerprint density at radius 2 is 1.79 bits per heavy atom. The second-order valence-corrected chi connectivity index (χ2v) is 8.16. The van der Waals surface area contributed by atoms with Crippen molar-refractivity contribution >= 4 is 40.9 Å². The Morgan fingerprint density at radius 3 is 2.59 bits per heavy atom. The van der Waals surface area contributed by atoms with Crippen molar-refractivity contribution in [2.75, 3.05) is 43.5 Å². The molecule has 1 unspecified atom stereocenters. The molecule has 29 heavy (non-hydrogen) atoms. The van der Waals surface area contributed by atoms with Crippen LogP contribution in [-0.4, -0.2) is 61.4 Å². The SMILES string of the molecule is O=C(C1CN(C(=O)CSc2ccccc2Cl)c2ccccc2O1)N1CCOCC1. The molecule has 2 aliphatic rings. The molecular weight excluding hydrogens is 412 g/mol. The molecule has 0 spiro atoms. The summed E-state index contributed by atoms with van der Waals surface area (Å²) in [4.78, 5) is 30.2. The molecule has 0 aromatic heterocycles. The number of carbonyl (C=O) groups excluding carboxylic acids is 2. The molecule has 4 rings (SSSR count). The van der Waals surface area contributed by atoms with E-state index in [9.17, 15) is 9.59 Å². The standard InChI is InChI=1S/C21H21ClN2O4S/c22-15-5-1-4-8-19(15)29-14-20(25)24-13-18(21(26)23-9-11-27-12-10-23)28-17-7-3-2-6-16(17)24/h1-8,18H,9-14H2. The summed E-state index contributed by atoms with van der Waals surface area (Å²) in [6, 6.07) is 14.7. The van der Waals surface area contributed by atoms with Crippen LogP contribution in [0.25, 0.3) is 0 Å². The topological polar surface area (TPSA) is 59.1 Å².